The van der Waals surface area contributed by atoms with Gasteiger partial charge >= 0.3 is 6.09 Å². The van der Waals surface area contributed by atoms with E-state index in [1.807, 2.05) is 42.9 Å². The molecule has 0 bridgehead atoms. The Morgan fingerprint density at radius 2 is 1.86 bits per heavy atom. The fourth-order valence-corrected chi connectivity index (χ4v) is 8.46. The highest BCUT2D eigenvalue weighted by Crippen LogP contribution is 2.57. The zero-order valence-corrected chi connectivity index (χ0v) is 26.1. The first-order chi connectivity index (χ1) is 21.1. The van der Waals surface area contributed by atoms with Crippen molar-refractivity contribution in [3.8, 4) is 11.1 Å². The van der Waals surface area contributed by atoms with Gasteiger partial charge in [0.25, 0.3) is 5.91 Å². The number of aryl methyl sites for hydroxylation is 1. The van der Waals surface area contributed by atoms with Gasteiger partial charge in [-0.25, -0.2) is 19.1 Å². The van der Waals surface area contributed by atoms with E-state index >= 15 is 4.39 Å². The molecule has 9 nitrogen and oxygen atoms in total. The lowest BCUT2D eigenvalue weighted by molar-refractivity contribution is 0.0240. The number of aromatic nitrogens is 2. The minimum atomic E-state index is -1.49. The smallest absolute Gasteiger partial charge is 0.414 e. The monoisotopic (exact) mass is 616 g/mol. The predicted octanol–water partition coefficient (Wildman–Crippen LogP) is 5.42. The Bertz CT molecular complexity index is 1670. The summed E-state index contributed by atoms with van der Waals surface area (Å²) in [5.74, 6) is -0.879. The van der Waals surface area contributed by atoms with Gasteiger partial charge in [-0.15, -0.1) is 0 Å². The third-order valence-electron chi connectivity index (χ3n) is 9.16. The van der Waals surface area contributed by atoms with Crippen LogP contribution in [-0.2, 0) is 31.0 Å². The van der Waals surface area contributed by atoms with Gasteiger partial charge in [0.1, 0.15) is 11.5 Å². The van der Waals surface area contributed by atoms with Crippen LogP contribution in [0.3, 0.4) is 0 Å². The van der Waals surface area contributed by atoms with Gasteiger partial charge < -0.3 is 15.0 Å². The average molecular weight is 617 g/mol. The first-order valence-electron chi connectivity index (χ1n) is 15.2. The Labute approximate surface area is 260 Å². The number of carbonyl (C=O) groups is 2. The van der Waals surface area contributed by atoms with Crippen molar-refractivity contribution in [3.05, 3.63) is 87.7 Å². The van der Waals surface area contributed by atoms with Crippen molar-refractivity contribution < 1.29 is 19.1 Å². The van der Waals surface area contributed by atoms with Gasteiger partial charge in [0.2, 0.25) is 4.99 Å². The lowest BCUT2D eigenvalue weighted by Crippen LogP contribution is -2.56. The molecule has 0 radical (unpaired) electrons. The van der Waals surface area contributed by atoms with E-state index in [2.05, 4.69) is 22.3 Å². The summed E-state index contributed by atoms with van der Waals surface area (Å²) in [4.78, 5) is 35.9. The third kappa shape index (κ3) is 4.64. The number of allylic oxidation sites excluding steroid dienone is 1. The SMILES string of the molecule is CC(C)(C)C1=CSC(c2ncn3c2CCC3)(N2Cc3c(F)cc(-c4ccc(CN5CCNCC5)cc4)cc3C2=O)N1C(=O)O. The molecule has 4 aliphatic rings. The minimum Gasteiger partial charge on any atom is -0.465 e. The van der Waals surface area contributed by atoms with Crippen molar-refractivity contribution in [3.63, 3.8) is 0 Å². The van der Waals surface area contributed by atoms with Crippen molar-refractivity contribution in [2.45, 2.75) is 58.2 Å². The second-order valence-electron chi connectivity index (χ2n) is 13.0. The number of hydrogen-bond donors (Lipinski definition) is 2. The van der Waals surface area contributed by atoms with Crippen molar-refractivity contribution >= 4 is 23.8 Å². The molecule has 0 aliphatic carbocycles. The average Bonchev–Trinajstić information content (AvgIpc) is 3.77. The van der Waals surface area contributed by atoms with Crippen molar-refractivity contribution in [2.75, 3.05) is 26.2 Å². The van der Waals surface area contributed by atoms with Crippen LogP contribution in [0.5, 0.6) is 0 Å². The van der Waals surface area contributed by atoms with Crippen LogP contribution in [0, 0.1) is 11.2 Å². The van der Waals surface area contributed by atoms with E-state index in [4.69, 9.17) is 4.98 Å². The first-order valence-corrected chi connectivity index (χ1v) is 16.1. The molecule has 0 saturated carbocycles. The number of amides is 2. The molecule has 230 valence electrons. The molecule has 0 spiro atoms. The first kappa shape index (κ1) is 29.1. The van der Waals surface area contributed by atoms with Crippen LogP contribution in [0.1, 0.15) is 60.1 Å². The lowest BCUT2D eigenvalue weighted by Gasteiger charge is -2.44. The largest absolute Gasteiger partial charge is 0.465 e. The summed E-state index contributed by atoms with van der Waals surface area (Å²) in [5, 5.41) is 15.9. The summed E-state index contributed by atoms with van der Waals surface area (Å²) >= 11 is 1.26. The molecule has 5 heterocycles. The molecule has 7 rings (SSSR count). The standard InChI is InChI=1S/C33H37FN6O3S/c1-32(2,3)28-19-44-33(40(28)31(42)43,29-27-5-4-12-38(27)20-36-29)39-18-25-24(30(39)41)15-23(16-26(25)34)22-8-6-21(7-9-22)17-37-13-10-35-11-14-37/h6-9,15-16,19-20,35H,4-5,10-14,17-18H2,1-3H3,(H,42,43). The second-order valence-corrected chi connectivity index (χ2v) is 14.1. The maximum atomic E-state index is 15.9. The molecular weight excluding hydrogens is 579 g/mol. The van der Waals surface area contributed by atoms with E-state index in [-0.39, 0.29) is 17.7 Å². The summed E-state index contributed by atoms with van der Waals surface area (Å²) in [6.07, 6.45) is 2.20. The van der Waals surface area contributed by atoms with Gasteiger partial charge in [0.15, 0.2) is 0 Å². The quantitative estimate of drug-likeness (QED) is 0.396. The molecule has 2 amide bonds. The van der Waals surface area contributed by atoms with Gasteiger partial charge in [-0.1, -0.05) is 56.8 Å². The third-order valence-corrected chi connectivity index (χ3v) is 10.4. The van der Waals surface area contributed by atoms with E-state index in [1.165, 1.54) is 33.2 Å². The van der Waals surface area contributed by atoms with E-state index in [0.717, 1.165) is 63.4 Å². The van der Waals surface area contributed by atoms with Crippen LogP contribution in [0.4, 0.5) is 9.18 Å². The number of carboxylic acid groups (broad SMARTS) is 1. The maximum absolute atomic E-state index is 15.9. The normalized spacial score (nSPS) is 22.0. The van der Waals surface area contributed by atoms with Gasteiger partial charge in [-0.3, -0.25) is 14.6 Å². The molecule has 1 saturated heterocycles. The fourth-order valence-electron chi connectivity index (χ4n) is 6.88. The Kier molecular flexibility index (Phi) is 7.10. The molecule has 44 heavy (non-hydrogen) atoms. The molecule has 1 fully saturated rings. The molecule has 3 aromatic rings. The summed E-state index contributed by atoms with van der Waals surface area (Å²) < 4.78 is 17.9. The summed E-state index contributed by atoms with van der Waals surface area (Å²) in [6, 6.07) is 11.3. The Morgan fingerprint density at radius 1 is 1.11 bits per heavy atom. The van der Waals surface area contributed by atoms with E-state index in [1.54, 1.807) is 12.4 Å². The van der Waals surface area contributed by atoms with Crippen LogP contribution < -0.4 is 5.32 Å². The Hall–Kier alpha value is -3.67. The molecule has 2 aromatic carbocycles. The van der Waals surface area contributed by atoms with Crippen LogP contribution >= 0.6 is 11.8 Å². The number of carbonyl (C=O) groups excluding carboxylic acids is 1. The van der Waals surface area contributed by atoms with Gasteiger partial charge in [-0.05, 0) is 47.1 Å². The number of benzene rings is 2. The van der Waals surface area contributed by atoms with Gasteiger partial charge in [-0.2, -0.15) is 0 Å². The van der Waals surface area contributed by atoms with Crippen molar-refractivity contribution in [1.29, 1.82) is 0 Å². The number of imidazole rings is 1. The van der Waals surface area contributed by atoms with E-state index in [9.17, 15) is 14.7 Å². The summed E-state index contributed by atoms with van der Waals surface area (Å²) in [7, 11) is 0. The topological polar surface area (TPSA) is 93.9 Å². The Balaban J connectivity index is 1.26. The van der Waals surface area contributed by atoms with Crippen molar-refractivity contribution in [1.82, 2.24) is 29.6 Å². The lowest BCUT2D eigenvalue weighted by atomic mass is 9.91. The molecule has 1 unspecified atom stereocenters. The van der Waals surface area contributed by atoms with Crippen LogP contribution in [-0.4, -0.2) is 67.5 Å². The molecular formula is C33H37FN6O3S. The minimum absolute atomic E-state index is 0.0573. The fraction of sp³-hybridized carbons (Fsp3) is 0.424. The predicted molar refractivity (Wildman–Crippen MR) is 167 cm³/mol. The number of hydrogen-bond acceptors (Lipinski definition) is 6. The zero-order valence-electron chi connectivity index (χ0n) is 25.3. The number of rotatable bonds is 5. The zero-order chi connectivity index (χ0) is 30.8. The number of piperazine rings is 1. The molecule has 1 aromatic heterocycles. The van der Waals surface area contributed by atoms with Gasteiger partial charge in [0.05, 0.1) is 12.9 Å². The van der Waals surface area contributed by atoms with E-state index < -0.39 is 28.2 Å². The molecule has 4 aliphatic heterocycles. The highest BCUT2D eigenvalue weighted by atomic mass is 32.2. The number of halogens is 1. The maximum Gasteiger partial charge on any atom is 0.414 e. The number of fused-ring (bicyclic) bond motifs is 2. The highest BCUT2D eigenvalue weighted by molar-refractivity contribution is 8.03. The van der Waals surface area contributed by atoms with E-state index in [0.29, 0.717) is 17.0 Å². The molecule has 2 N–H and O–H groups in total. The summed E-state index contributed by atoms with van der Waals surface area (Å²) in [5.41, 5.74) is 4.64. The molecule has 11 heteroatoms. The van der Waals surface area contributed by atoms with Gasteiger partial charge in [0, 0.05) is 67.2 Å². The van der Waals surface area contributed by atoms with Crippen LogP contribution in [0.15, 0.2) is 53.8 Å². The van der Waals surface area contributed by atoms with Crippen LogP contribution in [0.2, 0.25) is 0 Å². The van der Waals surface area contributed by atoms with Crippen molar-refractivity contribution in [2.24, 2.45) is 5.41 Å². The summed E-state index contributed by atoms with van der Waals surface area (Å²) in [6.45, 7) is 11.4. The second kappa shape index (κ2) is 10.7. The van der Waals surface area contributed by atoms with Crippen LogP contribution in [0.25, 0.3) is 11.1 Å². The Morgan fingerprint density at radius 3 is 2.57 bits per heavy atom. The number of nitrogens with one attached hydrogen (secondary N) is 1. The molecule has 1 atom stereocenters. The number of thioether (sulfide) groups is 1. The number of nitrogens with zero attached hydrogens (tertiary/aromatic N) is 5. The highest BCUT2D eigenvalue weighted by Gasteiger charge is 2.60.